The predicted molar refractivity (Wildman–Crippen MR) is 91.9 cm³/mol. The molecule has 1 aliphatic rings. The highest BCUT2D eigenvalue weighted by Gasteiger charge is 2.23. The summed E-state index contributed by atoms with van der Waals surface area (Å²) in [5.41, 5.74) is 2.56. The molecule has 0 saturated heterocycles. The minimum absolute atomic E-state index is 0. The zero-order valence-electron chi connectivity index (χ0n) is 11.3. The second-order valence-corrected chi connectivity index (χ2v) is 6.77. The average Bonchev–Trinajstić information content (AvgIpc) is 2.90. The first-order chi connectivity index (χ1) is 9.72. The Hall–Kier alpha value is -0.880. The summed E-state index contributed by atoms with van der Waals surface area (Å²) in [6.07, 6.45) is 0.760. The van der Waals surface area contributed by atoms with E-state index < -0.39 is 0 Å². The van der Waals surface area contributed by atoms with E-state index in [0.29, 0.717) is 6.54 Å². The van der Waals surface area contributed by atoms with Crippen molar-refractivity contribution < 1.29 is 4.79 Å². The quantitative estimate of drug-likeness (QED) is 0.849. The van der Waals surface area contributed by atoms with E-state index in [-0.39, 0.29) is 24.4 Å². The third-order valence-corrected chi connectivity index (χ3v) is 5.15. The first kappa shape index (κ1) is 16.5. The van der Waals surface area contributed by atoms with Crippen LogP contribution in [0.1, 0.15) is 16.0 Å². The Kier molecular flexibility index (Phi) is 5.81. The maximum absolute atomic E-state index is 12.2. The summed E-state index contributed by atoms with van der Waals surface area (Å²) in [5, 5.41) is 8.32. The van der Waals surface area contributed by atoms with Gasteiger partial charge in [-0.2, -0.15) is 0 Å². The second-order valence-electron chi connectivity index (χ2n) is 4.86. The largest absolute Gasteiger partial charge is 0.350 e. The molecule has 6 heteroatoms. The number of rotatable bonds is 3. The maximum atomic E-state index is 12.2. The van der Waals surface area contributed by atoms with Crippen molar-refractivity contribution in [2.75, 3.05) is 0 Å². The van der Waals surface area contributed by atoms with Gasteiger partial charge in [0.05, 0.1) is 12.6 Å². The molecule has 0 aliphatic carbocycles. The molecule has 0 bridgehead atoms. The first-order valence-corrected chi connectivity index (χ1v) is 8.20. The molecule has 21 heavy (non-hydrogen) atoms. The van der Waals surface area contributed by atoms with E-state index in [4.69, 9.17) is 0 Å². The highest BCUT2D eigenvalue weighted by molar-refractivity contribution is 9.10. The van der Waals surface area contributed by atoms with Crippen molar-refractivity contribution in [3.05, 3.63) is 56.2 Å². The van der Waals surface area contributed by atoms with Crippen molar-refractivity contribution in [1.29, 1.82) is 0 Å². The Labute approximate surface area is 142 Å². The number of carbonyl (C=O) groups excluding carboxylic acids is 1. The number of halogens is 2. The Morgan fingerprint density at radius 3 is 2.86 bits per heavy atom. The number of thiophene rings is 1. The minimum atomic E-state index is -0.131. The summed E-state index contributed by atoms with van der Waals surface area (Å²) in [6, 6.07) is 10.2. The van der Waals surface area contributed by atoms with Crippen molar-refractivity contribution >= 4 is 45.6 Å². The predicted octanol–water partition coefficient (Wildman–Crippen LogP) is 3.26. The molecule has 1 atom stereocenters. The first-order valence-electron chi connectivity index (χ1n) is 6.53. The van der Waals surface area contributed by atoms with Crippen LogP contribution in [-0.2, 0) is 24.3 Å². The molecule has 1 amide bonds. The van der Waals surface area contributed by atoms with Crippen LogP contribution in [0.3, 0.4) is 0 Å². The van der Waals surface area contributed by atoms with Gasteiger partial charge in [0, 0.05) is 21.3 Å². The molecule has 2 N–H and O–H groups in total. The van der Waals surface area contributed by atoms with E-state index in [0.717, 1.165) is 22.3 Å². The molecule has 1 aromatic heterocycles. The van der Waals surface area contributed by atoms with Crippen LogP contribution in [0.25, 0.3) is 0 Å². The summed E-state index contributed by atoms with van der Waals surface area (Å²) in [5.74, 6) is 0.0732. The molecule has 1 aliphatic heterocycles. The summed E-state index contributed by atoms with van der Waals surface area (Å²) in [4.78, 5) is 13.4. The number of carbonyl (C=O) groups is 1. The monoisotopic (exact) mass is 386 g/mol. The van der Waals surface area contributed by atoms with Crippen LogP contribution in [0.2, 0.25) is 0 Å². The van der Waals surface area contributed by atoms with Crippen molar-refractivity contribution in [2.45, 2.75) is 25.6 Å². The Morgan fingerprint density at radius 1 is 1.38 bits per heavy atom. The summed E-state index contributed by atoms with van der Waals surface area (Å²) in [6.45, 7) is 1.35. The third-order valence-electron chi connectivity index (χ3n) is 3.46. The number of amides is 1. The van der Waals surface area contributed by atoms with Crippen LogP contribution in [0.4, 0.5) is 0 Å². The van der Waals surface area contributed by atoms with Gasteiger partial charge in [0.2, 0.25) is 5.91 Å². The van der Waals surface area contributed by atoms with Crippen molar-refractivity contribution in [3.63, 3.8) is 0 Å². The van der Waals surface area contributed by atoms with E-state index in [1.54, 1.807) is 11.3 Å². The molecule has 2 heterocycles. The molecule has 1 aromatic carbocycles. The van der Waals surface area contributed by atoms with Gasteiger partial charge < -0.3 is 10.6 Å². The average molecular weight is 388 g/mol. The van der Waals surface area contributed by atoms with Crippen LogP contribution < -0.4 is 10.6 Å². The Bertz CT molecular complexity index is 632. The van der Waals surface area contributed by atoms with Gasteiger partial charge in [-0.05, 0) is 39.5 Å². The van der Waals surface area contributed by atoms with Crippen LogP contribution in [0, 0.1) is 0 Å². The second kappa shape index (κ2) is 7.40. The van der Waals surface area contributed by atoms with E-state index in [9.17, 15) is 4.79 Å². The summed E-state index contributed by atoms with van der Waals surface area (Å²) >= 11 is 5.06. The third kappa shape index (κ3) is 4.07. The lowest BCUT2D eigenvalue weighted by Gasteiger charge is -2.25. The zero-order chi connectivity index (χ0) is 13.9. The van der Waals surface area contributed by atoms with Crippen LogP contribution in [0.15, 0.2) is 40.2 Å². The van der Waals surface area contributed by atoms with Gasteiger partial charge in [0.15, 0.2) is 0 Å². The van der Waals surface area contributed by atoms with Gasteiger partial charge >= 0.3 is 0 Å². The minimum Gasteiger partial charge on any atom is -0.350 e. The SMILES string of the molecule is Cl.O=C(NCc1cc(Br)cs1)C1Cc2ccccc2CN1. The Balaban J connectivity index is 0.00000161. The van der Waals surface area contributed by atoms with E-state index in [1.165, 1.54) is 11.1 Å². The van der Waals surface area contributed by atoms with Crippen molar-refractivity contribution in [1.82, 2.24) is 10.6 Å². The molecule has 0 fully saturated rings. The topological polar surface area (TPSA) is 41.1 Å². The lowest BCUT2D eigenvalue weighted by atomic mass is 9.95. The summed E-state index contributed by atoms with van der Waals surface area (Å²) < 4.78 is 1.07. The number of hydrogen-bond acceptors (Lipinski definition) is 3. The lowest BCUT2D eigenvalue weighted by Crippen LogP contribution is -2.47. The van der Waals surface area contributed by atoms with Gasteiger partial charge in [0.25, 0.3) is 0 Å². The highest BCUT2D eigenvalue weighted by atomic mass is 79.9. The van der Waals surface area contributed by atoms with Crippen LogP contribution >= 0.6 is 39.7 Å². The molecule has 3 nitrogen and oxygen atoms in total. The van der Waals surface area contributed by atoms with E-state index >= 15 is 0 Å². The van der Waals surface area contributed by atoms with E-state index in [2.05, 4.69) is 38.7 Å². The highest BCUT2D eigenvalue weighted by Crippen LogP contribution is 2.20. The van der Waals surface area contributed by atoms with Crippen molar-refractivity contribution in [2.24, 2.45) is 0 Å². The van der Waals surface area contributed by atoms with Gasteiger partial charge in [0.1, 0.15) is 0 Å². The van der Waals surface area contributed by atoms with Crippen molar-refractivity contribution in [3.8, 4) is 0 Å². The molecule has 0 spiro atoms. The fourth-order valence-corrected chi connectivity index (χ4v) is 3.77. The molecule has 112 valence electrons. The van der Waals surface area contributed by atoms with Crippen LogP contribution in [-0.4, -0.2) is 11.9 Å². The number of fused-ring (bicyclic) bond motifs is 1. The number of nitrogens with one attached hydrogen (secondary N) is 2. The molecule has 0 radical (unpaired) electrons. The van der Waals surface area contributed by atoms with Gasteiger partial charge in [-0.3, -0.25) is 4.79 Å². The van der Waals surface area contributed by atoms with Gasteiger partial charge in [-0.25, -0.2) is 0 Å². The number of benzene rings is 1. The normalized spacial score (nSPS) is 16.7. The fraction of sp³-hybridized carbons (Fsp3) is 0.267. The fourth-order valence-electron chi connectivity index (χ4n) is 2.38. The molecule has 2 aromatic rings. The van der Waals surface area contributed by atoms with E-state index in [1.807, 2.05) is 23.6 Å². The summed E-state index contributed by atoms with van der Waals surface area (Å²) in [7, 11) is 0. The zero-order valence-corrected chi connectivity index (χ0v) is 14.5. The van der Waals surface area contributed by atoms with Gasteiger partial charge in [-0.15, -0.1) is 23.7 Å². The molecule has 0 saturated carbocycles. The molecular formula is C15H16BrClN2OS. The standard InChI is InChI=1S/C15H15BrN2OS.ClH/c16-12-6-13(20-9-12)8-18-15(19)14-5-10-3-1-2-4-11(10)7-17-14;/h1-4,6,9,14,17H,5,7-8H2,(H,18,19);1H. The molecule has 3 rings (SSSR count). The lowest BCUT2D eigenvalue weighted by molar-refractivity contribution is -0.123. The molecular weight excluding hydrogens is 372 g/mol. The molecule has 1 unspecified atom stereocenters. The smallest absolute Gasteiger partial charge is 0.237 e. The Morgan fingerprint density at radius 2 is 2.14 bits per heavy atom. The maximum Gasteiger partial charge on any atom is 0.237 e. The van der Waals surface area contributed by atoms with Gasteiger partial charge in [-0.1, -0.05) is 24.3 Å². The number of hydrogen-bond donors (Lipinski definition) is 2. The van der Waals surface area contributed by atoms with Crippen LogP contribution in [0.5, 0.6) is 0 Å².